The summed E-state index contributed by atoms with van der Waals surface area (Å²) in [4.78, 5) is 27.8. The van der Waals surface area contributed by atoms with Crippen molar-refractivity contribution in [1.82, 2.24) is 14.9 Å². The molecule has 0 atom stereocenters. The molecule has 0 unspecified atom stereocenters. The highest BCUT2D eigenvalue weighted by Gasteiger charge is 2.22. The second kappa shape index (κ2) is 8.33. The van der Waals surface area contributed by atoms with Gasteiger partial charge in [-0.15, -0.1) is 0 Å². The largest absolute Gasteiger partial charge is 0.368 e. The first-order valence-corrected chi connectivity index (χ1v) is 9.42. The van der Waals surface area contributed by atoms with Crippen LogP contribution < -0.4 is 9.80 Å². The molecule has 1 aliphatic rings. The Morgan fingerprint density at radius 2 is 1.63 bits per heavy atom. The minimum Gasteiger partial charge on any atom is -0.368 e. The highest BCUT2D eigenvalue weighted by Crippen LogP contribution is 2.19. The Balaban J connectivity index is 1.72. The van der Waals surface area contributed by atoms with Crippen LogP contribution in [0, 0.1) is 12.7 Å². The maximum Gasteiger partial charge on any atom is 0.272 e. The smallest absolute Gasteiger partial charge is 0.272 e. The highest BCUT2D eigenvalue weighted by molar-refractivity contribution is 5.92. The van der Waals surface area contributed by atoms with E-state index in [1.807, 2.05) is 20.8 Å². The summed E-state index contributed by atoms with van der Waals surface area (Å²) in [6.07, 6.45) is 0. The van der Waals surface area contributed by atoms with Gasteiger partial charge in [0.05, 0.1) is 0 Å². The molecule has 0 spiro atoms. The van der Waals surface area contributed by atoms with E-state index < -0.39 is 0 Å². The number of aryl methyl sites for hydroxylation is 1. The van der Waals surface area contributed by atoms with Crippen molar-refractivity contribution in [2.75, 3.05) is 49.1 Å². The zero-order chi connectivity index (χ0) is 19.4. The summed E-state index contributed by atoms with van der Waals surface area (Å²) >= 11 is 0. The predicted octanol–water partition coefficient (Wildman–Crippen LogP) is 2.73. The van der Waals surface area contributed by atoms with Gasteiger partial charge in [0.1, 0.15) is 11.5 Å². The van der Waals surface area contributed by atoms with E-state index >= 15 is 0 Å². The summed E-state index contributed by atoms with van der Waals surface area (Å²) in [5.41, 5.74) is 2.25. The van der Waals surface area contributed by atoms with Crippen LogP contribution in [0.15, 0.2) is 30.3 Å². The monoisotopic (exact) mass is 371 g/mol. The lowest BCUT2D eigenvalue weighted by Gasteiger charge is -2.36. The number of hydrogen-bond donors (Lipinski definition) is 0. The third kappa shape index (κ3) is 4.35. The first-order valence-electron chi connectivity index (χ1n) is 9.42. The summed E-state index contributed by atoms with van der Waals surface area (Å²) < 4.78 is 13.1. The molecular formula is C20H26FN5O. The van der Waals surface area contributed by atoms with Crippen LogP contribution in [0.2, 0.25) is 0 Å². The summed E-state index contributed by atoms with van der Waals surface area (Å²) in [5, 5.41) is 0. The molecule has 0 N–H and O–H groups in total. The van der Waals surface area contributed by atoms with Crippen LogP contribution in [0.3, 0.4) is 0 Å². The number of carbonyl (C=O) groups excluding carboxylic acids is 1. The molecule has 3 rings (SSSR count). The van der Waals surface area contributed by atoms with Gasteiger partial charge in [0.15, 0.2) is 0 Å². The van der Waals surface area contributed by atoms with Crippen molar-refractivity contribution in [3.05, 3.63) is 47.5 Å². The van der Waals surface area contributed by atoms with Crippen molar-refractivity contribution in [1.29, 1.82) is 0 Å². The molecule has 1 aromatic heterocycles. The Morgan fingerprint density at radius 3 is 2.22 bits per heavy atom. The molecule has 0 aliphatic carbocycles. The van der Waals surface area contributed by atoms with E-state index in [2.05, 4.69) is 19.8 Å². The Morgan fingerprint density at radius 1 is 1.04 bits per heavy atom. The first-order chi connectivity index (χ1) is 13.0. The van der Waals surface area contributed by atoms with Gasteiger partial charge < -0.3 is 14.7 Å². The van der Waals surface area contributed by atoms with Gasteiger partial charge in [0.2, 0.25) is 5.95 Å². The second-order valence-corrected chi connectivity index (χ2v) is 6.62. The Hall–Kier alpha value is -2.70. The van der Waals surface area contributed by atoms with E-state index in [4.69, 9.17) is 0 Å². The van der Waals surface area contributed by atoms with Gasteiger partial charge in [-0.3, -0.25) is 4.79 Å². The third-order valence-electron chi connectivity index (χ3n) is 4.87. The summed E-state index contributed by atoms with van der Waals surface area (Å²) in [7, 11) is 0. The van der Waals surface area contributed by atoms with E-state index in [0.29, 0.717) is 24.7 Å². The molecule has 2 heterocycles. The zero-order valence-electron chi connectivity index (χ0n) is 16.2. The molecule has 1 aromatic carbocycles. The van der Waals surface area contributed by atoms with Gasteiger partial charge in [-0.25, -0.2) is 14.4 Å². The zero-order valence-corrected chi connectivity index (χ0v) is 16.2. The lowest BCUT2D eigenvalue weighted by Crippen LogP contribution is -2.47. The van der Waals surface area contributed by atoms with Gasteiger partial charge in [0.25, 0.3) is 5.91 Å². The van der Waals surface area contributed by atoms with E-state index in [-0.39, 0.29) is 11.7 Å². The molecule has 7 heteroatoms. The molecular weight excluding hydrogens is 345 g/mol. The van der Waals surface area contributed by atoms with Crippen LogP contribution in [-0.2, 0) is 0 Å². The summed E-state index contributed by atoms with van der Waals surface area (Å²) in [6, 6.07) is 8.32. The van der Waals surface area contributed by atoms with Crippen molar-refractivity contribution in [2.45, 2.75) is 20.8 Å². The maximum atomic E-state index is 13.1. The van der Waals surface area contributed by atoms with Crippen LogP contribution in [0.5, 0.6) is 0 Å². The van der Waals surface area contributed by atoms with Crippen LogP contribution in [0.25, 0.3) is 0 Å². The average Bonchev–Trinajstić information content (AvgIpc) is 2.69. The van der Waals surface area contributed by atoms with Crippen molar-refractivity contribution >= 4 is 17.5 Å². The number of rotatable bonds is 5. The SMILES string of the molecule is CCN(CC)C(=O)c1cc(C)nc(N2CCN(c3ccc(F)cc3)CC2)n1. The lowest BCUT2D eigenvalue weighted by molar-refractivity contribution is 0.0767. The van der Waals surface area contributed by atoms with Crippen LogP contribution in [-0.4, -0.2) is 60.0 Å². The summed E-state index contributed by atoms with van der Waals surface area (Å²) in [6.45, 7) is 10.2. The van der Waals surface area contributed by atoms with Crippen molar-refractivity contribution in [3.8, 4) is 0 Å². The van der Waals surface area contributed by atoms with E-state index in [9.17, 15) is 9.18 Å². The normalized spacial score (nSPS) is 14.4. The van der Waals surface area contributed by atoms with Crippen LogP contribution in [0.4, 0.5) is 16.0 Å². The summed E-state index contributed by atoms with van der Waals surface area (Å²) in [5.74, 6) is 0.317. The Bertz CT molecular complexity index is 783. The molecule has 27 heavy (non-hydrogen) atoms. The number of amides is 1. The minimum atomic E-state index is -0.226. The molecule has 0 bridgehead atoms. The molecule has 0 radical (unpaired) electrons. The number of piperazine rings is 1. The molecule has 144 valence electrons. The third-order valence-corrected chi connectivity index (χ3v) is 4.87. The second-order valence-electron chi connectivity index (χ2n) is 6.62. The number of anilines is 2. The van der Waals surface area contributed by atoms with E-state index in [1.54, 1.807) is 23.1 Å². The fraction of sp³-hybridized carbons (Fsp3) is 0.450. The number of halogens is 1. The number of carbonyl (C=O) groups is 1. The first kappa shape index (κ1) is 19.1. The van der Waals surface area contributed by atoms with Crippen molar-refractivity contribution < 1.29 is 9.18 Å². The topological polar surface area (TPSA) is 52.6 Å². The lowest BCUT2D eigenvalue weighted by atomic mass is 10.2. The van der Waals surface area contributed by atoms with Gasteiger partial charge in [-0.05, 0) is 51.1 Å². The van der Waals surface area contributed by atoms with Crippen molar-refractivity contribution in [2.24, 2.45) is 0 Å². The number of aromatic nitrogens is 2. The molecule has 2 aromatic rings. The molecule has 1 amide bonds. The van der Waals surface area contributed by atoms with E-state index in [0.717, 1.165) is 37.6 Å². The number of hydrogen-bond acceptors (Lipinski definition) is 5. The molecule has 1 aliphatic heterocycles. The number of nitrogens with zero attached hydrogens (tertiary/aromatic N) is 5. The van der Waals surface area contributed by atoms with Gasteiger partial charge >= 0.3 is 0 Å². The standard InChI is InChI=1S/C20H26FN5O/c1-4-24(5-2)19(27)18-14-15(3)22-20(23-18)26-12-10-25(11-13-26)17-8-6-16(21)7-9-17/h6-9,14H,4-5,10-13H2,1-3H3. The Labute approximate surface area is 159 Å². The highest BCUT2D eigenvalue weighted by atomic mass is 19.1. The van der Waals surface area contributed by atoms with E-state index in [1.165, 1.54) is 12.1 Å². The average molecular weight is 371 g/mol. The number of benzene rings is 1. The minimum absolute atomic E-state index is 0.0586. The van der Waals surface area contributed by atoms with Gasteiger partial charge in [-0.2, -0.15) is 0 Å². The Kier molecular flexibility index (Phi) is 5.88. The van der Waals surface area contributed by atoms with Gasteiger partial charge in [0, 0.05) is 50.6 Å². The van der Waals surface area contributed by atoms with Crippen LogP contribution >= 0.6 is 0 Å². The predicted molar refractivity (Wildman–Crippen MR) is 105 cm³/mol. The fourth-order valence-electron chi connectivity index (χ4n) is 3.29. The molecule has 1 fully saturated rings. The molecule has 0 saturated carbocycles. The quantitative estimate of drug-likeness (QED) is 0.809. The maximum absolute atomic E-state index is 13.1. The van der Waals surface area contributed by atoms with Crippen LogP contribution in [0.1, 0.15) is 30.0 Å². The fourth-order valence-corrected chi connectivity index (χ4v) is 3.29. The van der Waals surface area contributed by atoms with Gasteiger partial charge in [-0.1, -0.05) is 0 Å². The molecule has 6 nitrogen and oxygen atoms in total. The molecule has 1 saturated heterocycles. The van der Waals surface area contributed by atoms with Crippen molar-refractivity contribution in [3.63, 3.8) is 0 Å².